The first kappa shape index (κ1) is 7.84. The molecule has 2 rings (SSSR count). The van der Waals surface area contributed by atoms with Crippen molar-refractivity contribution in [1.29, 1.82) is 0 Å². The molecule has 66 valence electrons. The number of carboxylic acids is 1. The summed E-state index contributed by atoms with van der Waals surface area (Å²) in [4.78, 5) is 10.8. The summed E-state index contributed by atoms with van der Waals surface area (Å²) in [5, 5.41) is 8.91. The number of aliphatic carboxylic acids is 1. The summed E-state index contributed by atoms with van der Waals surface area (Å²) in [5.74, 6) is -0.392. The highest BCUT2D eigenvalue weighted by molar-refractivity contribution is 5.72. The highest BCUT2D eigenvalue weighted by Crippen LogP contribution is 2.54. The van der Waals surface area contributed by atoms with Gasteiger partial charge >= 0.3 is 5.97 Å². The van der Waals surface area contributed by atoms with E-state index in [1.807, 2.05) is 0 Å². The van der Waals surface area contributed by atoms with Crippen LogP contribution in [0.2, 0.25) is 0 Å². The van der Waals surface area contributed by atoms with Crippen LogP contribution in [0.4, 0.5) is 0 Å². The first-order chi connectivity index (χ1) is 5.67. The van der Waals surface area contributed by atoms with Crippen LogP contribution in [0.25, 0.3) is 0 Å². The highest BCUT2D eigenvalue weighted by Gasteiger charge is 2.48. The zero-order valence-corrected chi connectivity index (χ0v) is 7.29. The first-order valence-electron chi connectivity index (χ1n) is 4.59. The summed E-state index contributed by atoms with van der Waals surface area (Å²) in [5.41, 5.74) is 0.244. The molecule has 0 spiro atoms. The van der Waals surface area contributed by atoms with Crippen molar-refractivity contribution < 1.29 is 9.90 Å². The second-order valence-corrected chi connectivity index (χ2v) is 4.09. The van der Waals surface area contributed by atoms with E-state index in [1.54, 1.807) is 0 Å². The lowest BCUT2D eigenvalue weighted by Crippen LogP contribution is -2.20. The highest BCUT2D eigenvalue weighted by atomic mass is 16.4. The molecule has 0 amide bonds. The number of carbonyl (C=O) groups is 1. The fourth-order valence-electron chi connectivity index (χ4n) is 2.63. The van der Waals surface area contributed by atoms with Crippen LogP contribution < -0.4 is 0 Å². The van der Waals surface area contributed by atoms with Crippen LogP contribution >= 0.6 is 0 Å². The third kappa shape index (κ3) is 0.904. The van der Waals surface area contributed by atoms with E-state index < -0.39 is 5.97 Å². The lowest BCUT2D eigenvalue weighted by molar-refractivity contribution is -0.142. The van der Waals surface area contributed by atoms with Crippen LogP contribution in [0.1, 0.15) is 26.2 Å². The smallest absolute Gasteiger partial charge is 0.307 e. The molecule has 0 saturated heterocycles. The Hall–Kier alpha value is -0.790. The molecular weight excluding hydrogens is 152 g/mol. The molecular formula is C10H14O2. The molecule has 2 heteroatoms. The van der Waals surface area contributed by atoms with Crippen LogP contribution in [0.3, 0.4) is 0 Å². The lowest BCUT2D eigenvalue weighted by Gasteiger charge is -2.22. The van der Waals surface area contributed by atoms with Gasteiger partial charge in [-0.15, -0.1) is 0 Å². The minimum absolute atomic E-state index is 0.102. The lowest BCUT2D eigenvalue weighted by atomic mass is 9.82. The molecule has 0 aromatic heterocycles. The van der Waals surface area contributed by atoms with Gasteiger partial charge in [0.2, 0.25) is 0 Å². The average molecular weight is 166 g/mol. The normalized spacial score (nSPS) is 43.8. The van der Waals surface area contributed by atoms with Gasteiger partial charge in [0.25, 0.3) is 0 Å². The molecule has 1 N–H and O–H groups in total. The molecule has 2 bridgehead atoms. The van der Waals surface area contributed by atoms with E-state index in [-0.39, 0.29) is 11.3 Å². The van der Waals surface area contributed by atoms with Gasteiger partial charge in [-0.05, 0) is 30.6 Å². The quantitative estimate of drug-likeness (QED) is 0.637. The second kappa shape index (κ2) is 2.35. The van der Waals surface area contributed by atoms with E-state index in [0.717, 1.165) is 19.3 Å². The molecule has 12 heavy (non-hydrogen) atoms. The molecule has 2 aliphatic rings. The molecule has 0 aromatic rings. The van der Waals surface area contributed by atoms with Crippen molar-refractivity contribution in [1.82, 2.24) is 0 Å². The van der Waals surface area contributed by atoms with E-state index in [4.69, 9.17) is 5.11 Å². The molecule has 0 radical (unpaired) electrons. The predicted molar refractivity (Wildman–Crippen MR) is 45.7 cm³/mol. The molecule has 0 heterocycles. The number of rotatable bonds is 2. The molecule has 1 saturated carbocycles. The monoisotopic (exact) mass is 166 g/mol. The Morgan fingerprint density at radius 1 is 1.67 bits per heavy atom. The summed E-state index contributed by atoms with van der Waals surface area (Å²) in [6.45, 7) is 2.15. The molecule has 2 aliphatic carbocycles. The van der Waals surface area contributed by atoms with Crippen LogP contribution in [0.15, 0.2) is 12.2 Å². The topological polar surface area (TPSA) is 37.3 Å². The third-order valence-electron chi connectivity index (χ3n) is 3.50. The fourth-order valence-corrected chi connectivity index (χ4v) is 2.63. The summed E-state index contributed by atoms with van der Waals surface area (Å²) in [7, 11) is 0. The molecule has 3 unspecified atom stereocenters. The number of hydrogen-bond acceptors (Lipinski definition) is 1. The van der Waals surface area contributed by atoms with E-state index in [1.165, 1.54) is 0 Å². The summed E-state index contributed by atoms with van der Waals surface area (Å²) < 4.78 is 0. The van der Waals surface area contributed by atoms with Gasteiger partial charge in [-0.2, -0.15) is 0 Å². The van der Waals surface area contributed by atoms with Crippen molar-refractivity contribution >= 4 is 5.97 Å². The van der Waals surface area contributed by atoms with Crippen LogP contribution in [0.5, 0.6) is 0 Å². The van der Waals surface area contributed by atoms with Crippen LogP contribution in [0, 0.1) is 17.3 Å². The van der Waals surface area contributed by atoms with Gasteiger partial charge < -0.3 is 5.11 Å². The Labute approximate surface area is 72.3 Å². The number of hydrogen-bond donors (Lipinski definition) is 1. The Balaban J connectivity index is 2.21. The van der Waals surface area contributed by atoms with Crippen molar-refractivity contribution in [2.75, 3.05) is 0 Å². The van der Waals surface area contributed by atoms with E-state index in [2.05, 4.69) is 19.1 Å². The summed E-state index contributed by atoms with van der Waals surface area (Å²) >= 11 is 0. The second-order valence-electron chi connectivity index (χ2n) is 4.09. The maximum atomic E-state index is 10.8. The summed E-state index contributed by atoms with van der Waals surface area (Å²) in [6, 6.07) is 0. The van der Waals surface area contributed by atoms with E-state index in [9.17, 15) is 4.79 Å². The Bertz CT molecular complexity index is 244. The largest absolute Gasteiger partial charge is 0.481 e. The van der Waals surface area contributed by atoms with Crippen molar-refractivity contribution in [2.24, 2.45) is 17.3 Å². The van der Waals surface area contributed by atoms with E-state index >= 15 is 0 Å². The van der Waals surface area contributed by atoms with Crippen molar-refractivity contribution in [3.05, 3.63) is 12.2 Å². The minimum Gasteiger partial charge on any atom is -0.481 e. The SMILES string of the molecule is CCC12C=CC(C1)C(C(=O)O)C2. The van der Waals surface area contributed by atoms with Gasteiger partial charge in [0, 0.05) is 0 Å². The van der Waals surface area contributed by atoms with Crippen molar-refractivity contribution in [3.63, 3.8) is 0 Å². The zero-order chi connectivity index (χ0) is 8.77. The zero-order valence-electron chi connectivity index (χ0n) is 7.29. The third-order valence-corrected chi connectivity index (χ3v) is 3.50. The van der Waals surface area contributed by atoms with Gasteiger partial charge in [0.15, 0.2) is 0 Å². The van der Waals surface area contributed by atoms with Gasteiger partial charge in [0.05, 0.1) is 5.92 Å². The maximum Gasteiger partial charge on any atom is 0.307 e. The molecule has 0 aromatic carbocycles. The minimum atomic E-state index is -0.611. The predicted octanol–water partition coefficient (Wildman–Crippen LogP) is 2.06. The van der Waals surface area contributed by atoms with E-state index in [0.29, 0.717) is 5.92 Å². The molecule has 1 fully saturated rings. The van der Waals surface area contributed by atoms with Gasteiger partial charge in [0.1, 0.15) is 0 Å². The fraction of sp³-hybridized carbons (Fsp3) is 0.700. The average Bonchev–Trinajstić information content (AvgIpc) is 2.61. The molecule has 3 atom stereocenters. The van der Waals surface area contributed by atoms with Gasteiger partial charge in [-0.25, -0.2) is 0 Å². The van der Waals surface area contributed by atoms with Crippen molar-refractivity contribution in [2.45, 2.75) is 26.2 Å². The standard InChI is InChI=1S/C10H14O2/c1-2-10-4-3-7(5-10)8(6-10)9(11)12/h3-4,7-8H,2,5-6H2,1H3,(H,11,12). The molecule has 0 aliphatic heterocycles. The van der Waals surface area contributed by atoms with Crippen LogP contribution in [-0.2, 0) is 4.79 Å². The maximum absolute atomic E-state index is 10.8. The number of carboxylic acid groups (broad SMARTS) is 1. The molecule has 2 nitrogen and oxygen atoms in total. The number of allylic oxidation sites excluding steroid dienone is 2. The van der Waals surface area contributed by atoms with Gasteiger partial charge in [-0.3, -0.25) is 4.79 Å². The summed E-state index contributed by atoms with van der Waals surface area (Å²) in [6.07, 6.45) is 7.35. The Morgan fingerprint density at radius 2 is 2.42 bits per heavy atom. The van der Waals surface area contributed by atoms with Gasteiger partial charge in [-0.1, -0.05) is 19.1 Å². The van der Waals surface area contributed by atoms with Crippen molar-refractivity contribution in [3.8, 4) is 0 Å². The Morgan fingerprint density at radius 3 is 2.83 bits per heavy atom. The number of fused-ring (bicyclic) bond motifs is 2. The first-order valence-corrected chi connectivity index (χ1v) is 4.59. The Kier molecular flexibility index (Phi) is 1.53. The van der Waals surface area contributed by atoms with Crippen LogP contribution in [-0.4, -0.2) is 11.1 Å².